The SMILES string of the molecule is OCC(F)(F)OC(F)(F)C(F)(F)OC(F)(F)C(F)(F)OC(F)(F)C(F)(F)OC(F)(F)C(F)(F)C(F)(F)C(F)(F)F. The summed E-state index contributed by atoms with van der Waals surface area (Å²) in [6.07, 6.45) is -68.9. The zero-order valence-corrected chi connectivity index (χ0v) is 17.0. The van der Waals surface area contributed by atoms with Crippen LogP contribution in [0.4, 0.5) is 101 Å². The molecule has 242 valence electrons. The van der Waals surface area contributed by atoms with E-state index < -0.39 is 73.5 Å². The fraction of sp³-hybridized carbons (Fsp3) is 1.00. The van der Waals surface area contributed by atoms with Crippen LogP contribution in [0.15, 0.2) is 0 Å². The Morgan fingerprint density at radius 3 is 0.775 bits per heavy atom. The summed E-state index contributed by atoms with van der Waals surface area (Å²) >= 11 is 0. The molecule has 0 aromatic carbocycles. The fourth-order valence-corrected chi connectivity index (χ4v) is 1.48. The smallest absolute Gasteiger partial charge is 0.387 e. The molecule has 0 saturated carbocycles. The molecule has 28 heteroatoms. The first-order valence-corrected chi connectivity index (χ1v) is 8.15. The van der Waals surface area contributed by atoms with E-state index in [0.717, 1.165) is 9.47 Å². The molecular formula is C12H3F23O5. The standard InChI is InChI=1S/C12H3F23O5/c13-2(14,1-36)37-7(24,25)8(26,27)39-11(32,33)12(34,35)40-10(30,31)9(28,29)38-6(22,23)4(17,18)3(15,16)5(19,20)21/h36H,1H2. The lowest BCUT2D eigenvalue weighted by Gasteiger charge is -2.37. The van der Waals surface area contributed by atoms with Crippen LogP contribution in [0.25, 0.3) is 0 Å². The number of ether oxygens (including phenoxy) is 4. The van der Waals surface area contributed by atoms with Crippen molar-refractivity contribution >= 4 is 0 Å². The molecule has 0 amide bonds. The second-order valence-corrected chi connectivity index (χ2v) is 6.47. The van der Waals surface area contributed by atoms with Crippen LogP contribution in [-0.2, 0) is 18.9 Å². The van der Waals surface area contributed by atoms with Gasteiger partial charge in [0.05, 0.1) is 0 Å². The number of rotatable bonds is 14. The molecule has 0 rings (SSSR count). The minimum atomic E-state index is -8.34. The molecule has 0 spiro atoms. The first-order chi connectivity index (χ1) is 16.9. The summed E-state index contributed by atoms with van der Waals surface area (Å²) in [6, 6.07) is 0. The van der Waals surface area contributed by atoms with E-state index in [9.17, 15) is 101 Å². The summed E-state index contributed by atoms with van der Waals surface area (Å²) in [5.41, 5.74) is 0. The predicted octanol–water partition coefficient (Wildman–Crippen LogP) is 6.62. The first-order valence-electron chi connectivity index (χ1n) is 8.15. The Hall–Kier alpha value is -1.81. The molecule has 0 bridgehead atoms. The molecule has 0 heterocycles. The number of halogens is 23. The van der Waals surface area contributed by atoms with Gasteiger partial charge in [-0.05, 0) is 0 Å². The molecule has 0 aliphatic carbocycles. The molecule has 0 aromatic heterocycles. The summed E-state index contributed by atoms with van der Waals surface area (Å²) in [5, 5.41) is 7.86. The maximum Gasteiger partial charge on any atom is 0.460 e. The Morgan fingerprint density at radius 1 is 0.325 bits per heavy atom. The molecule has 5 nitrogen and oxygen atoms in total. The van der Waals surface area contributed by atoms with Crippen LogP contribution in [0.5, 0.6) is 0 Å². The summed E-state index contributed by atoms with van der Waals surface area (Å²) in [4.78, 5) is 0. The Balaban J connectivity index is 6.22. The summed E-state index contributed by atoms with van der Waals surface area (Å²) in [6.45, 7) is -2.96. The minimum absolute atomic E-state index is 1.03. The van der Waals surface area contributed by atoms with E-state index in [2.05, 4.69) is 0 Å². The van der Waals surface area contributed by atoms with Gasteiger partial charge in [-0.1, -0.05) is 0 Å². The van der Waals surface area contributed by atoms with Crippen molar-refractivity contribution in [3.8, 4) is 0 Å². The Labute approximate surface area is 200 Å². The summed E-state index contributed by atoms with van der Waals surface area (Å²) in [7, 11) is 0. The van der Waals surface area contributed by atoms with Gasteiger partial charge in [0.15, 0.2) is 0 Å². The van der Waals surface area contributed by atoms with Gasteiger partial charge in [0.1, 0.15) is 6.61 Å². The van der Waals surface area contributed by atoms with Crippen LogP contribution in [0, 0.1) is 0 Å². The normalized spacial score (nSPS) is 16.5. The van der Waals surface area contributed by atoms with Gasteiger partial charge in [-0.15, -0.1) is 0 Å². The monoisotopic (exact) mass is 664 g/mol. The third kappa shape index (κ3) is 7.15. The van der Waals surface area contributed by atoms with Crippen LogP contribution in [0.1, 0.15) is 0 Å². The van der Waals surface area contributed by atoms with Crippen LogP contribution < -0.4 is 0 Å². The van der Waals surface area contributed by atoms with E-state index in [1.165, 1.54) is 4.74 Å². The highest BCUT2D eigenvalue weighted by atomic mass is 19.4. The van der Waals surface area contributed by atoms with Gasteiger partial charge in [-0.2, -0.15) is 101 Å². The third-order valence-electron chi connectivity index (χ3n) is 3.36. The van der Waals surface area contributed by atoms with Gasteiger partial charge >= 0.3 is 66.9 Å². The number of hydrogen-bond acceptors (Lipinski definition) is 5. The van der Waals surface area contributed by atoms with Gasteiger partial charge in [-0.25, -0.2) is 18.9 Å². The molecule has 0 fully saturated rings. The van der Waals surface area contributed by atoms with Crippen LogP contribution in [0.2, 0.25) is 0 Å². The molecule has 1 N–H and O–H groups in total. The zero-order chi connectivity index (χ0) is 33.0. The first kappa shape index (κ1) is 38.2. The highest BCUT2D eigenvalue weighted by Crippen LogP contribution is 2.57. The lowest BCUT2D eigenvalue weighted by atomic mass is 10.1. The lowest BCUT2D eigenvalue weighted by Crippen LogP contribution is -2.65. The van der Waals surface area contributed by atoms with Gasteiger partial charge in [-0.3, -0.25) is 0 Å². The van der Waals surface area contributed by atoms with E-state index in [-0.39, 0.29) is 0 Å². The summed E-state index contributed by atoms with van der Waals surface area (Å²) < 4.78 is 300. The average Bonchev–Trinajstić information content (AvgIpc) is 2.63. The van der Waals surface area contributed by atoms with Crippen molar-refractivity contribution in [3.05, 3.63) is 0 Å². The van der Waals surface area contributed by atoms with Gasteiger partial charge in [0, 0.05) is 0 Å². The highest BCUT2D eigenvalue weighted by Gasteiger charge is 2.85. The molecule has 0 aliphatic heterocycles. The van der Waals surface area contributed by atoms with Crippen molar-refractivity contribution in [3.63, 3.8) is 0 Å². The quantitative estimate of drug-likeness (QED) is 0.212. The van der Waals surface area contributed by atoms with Crippen molar-refractivity contribution in [1.29, 1.82) is 0 Å². The van der Waals surface area contributed by atoms with Crippen LogP contribution in [0.3, 0.4) is 0 Å². The lowest BCUT2D eigenvalue weighted by molar-refractivity contribution is -0.583. The van der Waals surface area contributed by atoms with Gasteiger partial charge in [0.2, 0.25) is 0 Å². The van der Waals surface area contributed by atoms with E-state index >= 15 is 0 Å². The number of hydrogen-bond donors (Lipinski definition) is 1. The third-order valence-corrected chi connectivity index (χ3v) is 3.36. The van der Waals surface area contributed by atoms with Crippen LogP contribution >= 0.6 is 0 Å². The van der Waals surface area contributed by atoms with E-state index in [4.69, 9.17) is 5.11 Å². The molecule has 40 heavy (non-hydrogen) atoms. The largest absolute Gasteiger partial charge is 0.460 e. The van der Waals surface area contributed by atoms with Crippen LogP contribution in [-0.4, -0.2) is 78.6 Å². The number of aliphatic hydroxyl groups is 1. The average molecular weight is 664 g/mol. The topological polar surface area (TPSA) is 57.2 Å². The number of aliphatic hydroxyl groups excluding tert-OH is 1. The second kappa shape index (κ2) is 10.2. The van der Waals surface area contributed by atoms with Crippen molar-refractivity contribution in [2.75, 3.05) is 6.61 Å². The van der Waals surface area contributed by atoms with Crippen molar-refractivity contribution < 1.29 is 125 Å². The van der Waals surface area contributed by atoms with E-state index in [1.807, 2.05) is 0 Å². The minimum Gasteiger partial charge on any atom is -0.387 e. The van der Waals surface area contributed by atoms with Gasteiger partial charge in [0.25, 0.3) is 0 Å². The Morgan fingerprint density at radius 2 is 0.550 bits per heavy atom. The number of alkyl halides is 23. The van der Waals surface area contributed by atoms with Crippen molar-refractivity contribution in [1.82, 2.24) is 0 Å². The Bertz CT molecular complexity index is 878. The van der Waals surface area contributed by atoms with E-state index in [0.29, 0.717) is 0 Å². The highest BCUT2D eigenvalue weighted by molar-refractivity contribution is 4.97. The molecule has 0 radical (unpaired) electrons. The maximum absolute atomic E-state index is 13.2. The molecular weight excluding hydrogens is 661 g/mol. The van der Waals surface area contributed by atoms with Crippen molar-refractivity contribution in [2.24, 2.45) is 0 Å². The Kier molecular flexibility index (Phi) is 9.71. The van der Waals surface area contributed by atoms with Crippen molar-refractivity contribution in [2.45, 2.75) is 66.9 Å². The molecule has 0 aromatic rings. The second-order valence-electron chi connectivity index (χ2n) is 6.47. The molecule has 0 aliphatic rings. The molecule has 0 unspecified atom stereocenters. The predicted molar refractivity (Wildman–Crippen MR) is 67.0 cm³/mol. The fourth-order valence-electron chi connectivity index (χ4n) is 1.48. The molecule has 0 atom stereocenters. The zero-order valence-electron chi connectivity index (χ0n) is 17.0. The molecule has 0 saturated heterocycles. The summed E-state index contributed by atoms with van der Waals surface area (Å²) in [5.74, 6) is -16.5. The maximum atomic E-state index is 13.2. The van der Waals surface area contributed by atoms with E-state index in [1.54, 1.807) is 4.74 Å². The van der Waals surface area contributed by atoms with Gasteiger partial charge < -0.3 is 5.11 Å².